The highest BCUT2D eigenvalue weighted by Crippen LogP contribution is 2.26. The minimum absolute atomic E-state index is 0.494. The molecule has 2 N–H and O–H groups in total. The zero-order chi connectivity index (χ0) is 13.4. The van der Waals surface area contributed by atoms with Crippen molar-refractivity contribution in [2.75, 3.05) is 0 Å². The predicted octanol–water partition coefficient (Wildman–Crippen LogP) is 3.35. The van der Waals surface area contributed by atoms with Crippen LogP contribution in [-0.4, -0.2) is 9.55 Å². The van der Waals surface area contributed by atoms with Gasteiger partial charge in [-0.1, -0.05) is 23.7 Å². The number of nitrogens with two attached hydrogens (primary N) is 1. The van der Waals surface area contributed by atoms with E-state index in [2.05, 4.69) is 10.6 Å². The lowest BCUT2D eigenvalue weighted by molar-refractivity contribution is 0.959. The van der Waals surface area contributed by atoms with Crippen molar-refractivity contribution in [2.45, 2.75) is 6.54 Å². The lowest BCUT2D eigenvalue weighted by Crippen LogP contribution is -1.97. The Bertz CT molecular complexity index is 729. The standard InChI is InChI=1S/C15H14ClN3/c1-19-13-4-2-3-11(9-17)14(13)18-15(19)10-5-7-12(16)8-6-10/h2-8H,9,17H2,1H3. The summed E-state index contributed by atoms with van der Waals surface area (Å²) in [6.45, 7) is 0.494. The van der Waals surface area contributed by atoms with Crippen LogP contribution >= 0.6 is 11.6 Å². The fraction of sp³-hybridized carbons (Fsp3) is 0.133. The van der Waals surface area contributed by atoms with Gasteiger partial charge in [-0.3, -0.25) is 0 Å². The van der Waals surface area contributed by atoms with E-state index in [0.29, 0.717) is 6.54 Å². The van der Waals surface area contributed by atoms with Crippen LogP contribution in [0.3, 0.4) is 0 Å². The second-order valence-electron chi connectivity index (χ2n) is 4.49. The molecular weight excluding hydrogens is 258 g/mol. The van der Waals surface area contributed by atoms with Gasteiger partial charge >= 0.3 is 0 Å². The van der Waals surface area contributed by atoms with E-state index >= 15 is 0 Å². The van der Waals surface area contributed by atoms with Crippen molar-refractivity contribution < 1.29 is 0 Å². The maximum absolute atomic E-state index is 5.92. The number of nitrogens with zero attached hydrogens (tertiary/aromatic N) is 2. The molecule has 1 aromatic heterocycles. The van der Waals surface area contributed by atoms with Gasteiger partial charge < -0.3 is 10.3 Å². The van der Waals surface area contributed by atoms with Crippen LogP contribution in [-0.2, 0) is 13.6 Å². The van der Waals surface area contributed by atoms with Gasteiger partial charge in [0.25, 0.3) is 0 Å². The van der Waals surface area contributed by atoms with E-state index in [9.17, 15) is 0 Å². The molecule has 0 aliphatic carbocycles. The molecule has 0 saturated carbocycles. The third-order valence-electron chi connectivity index (χ3n) is 3.32. The summed E-state index contributed by atoms with van der Waals surface area (Å²) in [7, 11) is 2.01. The SMILES string of the molecule is Cn1c(-c2ccc(Cl)cc2)nc2c(CN)cccc21. The van der Waals surface area contributed by atoms with E-state index in [1.807, 2.05) is 43.4 Å². The molecule has 0 spiro atoms. The van der Waals surface area contributed by atoms with Gasteiger partial charge in [0, 0.05) is 24.2 Å². The molecule has 0 aliphatic rings. The van der Waals surface area contributed by atoms with Crippen molar-refractivity contribution in [2.24, 2.45) is 12.8 Å². The average Bonchev–Trinajstić information content (AvgIpc) is 2.77. The fourth-order valence-electron chi connectivity index (χ4n) is 2.29. The molecule has 4 heteroatoms. The average molecular weight is 272 g/mol. The molecule has 96 valence electrons. The summed E-state index contributed by atoms with van der Waals surface area (Å²) in [5, 5.41) is 0.727. The van der Waals surface area contributed by atoms with Crippen LogP contribution < -0.4 is 5.73 Å². The largest absolute Gasteiger partial charge is 0.327 e. The molecule has 1 heterocycles. The molecule has 0 amide bonds. The van der Waals surface area contributed by atoms with Gasteiger partial charge in [-0.25, -0.2) is 4.98 Å². The van der Waals surface area contributed by atoms with E-state index in [1.54, 1.807) is 0 Å². The Balaban J connectivity index is 2.25. The Morgan fingerprint density at radius 2 is 1.89 bits per heavy atom. The number of imidazole rings is 1. The van der Waals surface area contributed by atoms with Gasteiger partial charge in [-0.15, -0.1) is 0 Å². The Hall–Kier alpha value is -1.84. The highest BCUT2D eigenvalue weighted by Gasteiger charge is 2.11. The first-order valence-electron chi connectivity index (χ1n) is 6.11. The topological polar surface area (TPSA) is 43.8 Å². The number of halogens is 1. The normalized spacial score (nSPS) is 11.1. The van der Waals surface area contributed by atoms with Crippen LogP contribution in [0.2, 0.25) is 5.02 Å². The highest BCUT2D eigenvalue weighted by molar-refractivity contribution is 6.30. The maximum atomic E-state index is 5.92. The second kappa shape index (κ2) is 4.68. The molecule has 0 radical (unpaired) electrons. The monoisotopic (exact) mass is 271 g/mol. The number of benzene rings is 2. The van der Waals surface area contributed by atoms with Gasteiger partial charge in [0.2, 0.25) is 0 Å². The van der Waals surface area contributed by atoms with Crippen molar-refractivity contribution in [1.82, 2.24) is 9.55 Å². The number of fused-ring (bicyclic) bond motifs is 1. The molecule has 0 atom stereocenters. The molecule has 2 aromatic carbocycles. The van der Waals surface area contributed by atoms with E-state index in [4.69, 9.17) is 22.3 Å². The van der Waals surface area contributed by atoms with E-state index < -0.39 is 0 Å². The summed E-state index contributed by atoms with van der Waals surface area (Å²) in [5.74, 6) is 0.924. The highest BCUT2D eigenvalue weighted by atomic mass is 35.5. The summed E-state index contributed by atoms with van der Waals surface area (Å²) in [6.07, 6.45) is 0. The smallest absolute Gasteiger partial charge is 0.140 e. The Morgan fingerprint density at radius 3 is 2.58 bits per heavy atom. The zero-order valence-electron chi connectivity index (χ0n) is 10.6. The molecule has 0 saturated heterocycles. The maximum Gasteiger partial charge on any atom is 0.140 e. The Labute approximate surface area is 116 Å². The summed E-state index contributed by atoms with van der Waals surface area (Å²) in [6, 6.07) is 13.8. The van der Waals surface area contributed by atoms with Gasteiger partial charge in [0.15, 0.2) is 0 Å². The number of rotatable bonds is 2. The third kappa shape index (κ3) is 2.01. The van der Waals surface area contributed by atoms with Crippen molar-refractivity contribution in [1.29, 1.82) is 0 Å². The Kier molecular flexibility index (Phi) is 3.01. The minimum Gasteiger partial charge on any atom is -0.327 e. The van der Waals surface area contributed by atoms with Crippen molar-refractivity contribution in [3.05, 3.63) is 53.1 Å². The number of hydrogen-bond acceptors (Lipinski definition) is 2. The van der Waals surface area contributed by atoms with Crippen molar-refractivity contribution in [3.63, 3.8) is 0 Å². The van der Waals surface area contributed by atoms with Crippen LogP contribution in [0, 0.1) is 0 Å². The summed E-state index contributed by atoms with van der Waals surface area (Å²) in [4.78, 5) is 4.72. The molecular formula is C15H14ClN3. The van der Waals surface area contributed by atoms with Crippen LogP contribution in [0.1, 0.15) is 5.56 Å². The van der Waals surface area contributed by atoms with E-state index in [1.165, 1.54) is 0 Å². The lowest BCUT2D eigenvalue weighted by Gasteiger charge is -2.02. The van der Waals surface area contributed by atoms with Crippen LogP contribution in [0.15, 0.2) is 42.5 Å². The second-order valence-corrected chi connectivity index (χ2v) is 4.93. The van der Waals surface area contributed by atoms with Gasteiger partial charge in [0.05, 0.1) is 11.0 Å². The fourth-order valence-corrected chi connectivity index (χ4v) is 2.42. The van der Waals surface area contributed by atoms with Gasteiger partial charge in [0.1, 0.15) is 5.82 Å². The number of aromatic nitrogens is 2. The molecule has 3 rings (SSSR count). The van der Waals surface area contributed by atoms with Crippen LogP contribution in [0.25, 0.3) is 22.4 Å². The molecule has 0 unspecified atom stereocenters. The quantitative estimate of drug-likeness (QED) is 0.777. The molecule has 3 nitrogen and oxygen atoms in total. The van der Waals surface area contributed by atoms with Crippen LogP contribution in [0.5, 0.6) is 0 Å². The first-order chi connectivity index (χ1) is 9.20. The summed E-state index contributed by atoms with van der Waals surface area (Å²) in [5.41, 5.74) is 9.94. The van der Waals surface area contributed by atoms with E-state index in [0.717, 1.165) is 33.0 Å². The van der Waals surface area contributed by atoms with Crippen molar-refractivity contribution >= 4 is 22.6 Å². The van der Waals surface area contributed by atoms with E-state index in [-0.39, 0.29) is 0 Å². The first-order valence-corrected chi connectivity index (χ1v) is 6.49. The Morgan fingerprint density at radius 1 is 1.16 bits per heavy atom. The molecule has 0 fully saturated rings. The van der Waals surface area contributed by atoms with Gasteiger partial charge in [-0.2, -0.15) is 0 Å². The number of para-hydroxylation sites is 1. The number of hydrogen-bond donors (Lipinski definition) is 1. The molecule has 19 heavy (non-hydrogen) atoms. The predicted molar refractivity (Wildman–Crippen MR) is 79.1 cm³/mol. The number of aryl methyl sites for hydroxylation is 1. The summed E-state index contributed by atoms with van der Waals surface area (Å²) < 4.78 is 2.08. The lowest BCUT2D eigenvalue weighted by atomic mass is 10.2. The van der Waals surface area contributed by atoms with Gasteiger partial charge in [-0.05, 0) is 35.9 Å². The van der Waals surface area contributed by atoms with Crippen LogP contribution in [0.4, 0.5) is 0 Å². The molecule has 3 aromatic rings. The van der Waals surface area contributed by atoms with Crippen molar-refractivity contribution in [3.8, 4) is 11.4 Å². The minimum atomic E-state index is 0.494. The third-order valence-corrected chi connectivity index (χ3v) is 3.57. The first kappa shape index (κ1) is 12.2. The molecule has 0 bridgehead atoms. The molecule has 0 aliphatic heterocycles. The zero-order valence-corrected chi connectivity index (χ0v) is 11.4. The summed E-state index contributed by atoms with van der Waals surface area (Å²) >= 11 is 5.92.